The normalized spacial score (nSPS) is 15.2. The molecule has 0 fully saturated rings. The number of alkyl halides is 3. The van der Waals surface area contributed by atoms with Crippen molar-refractivity contribution in [2.45, 2.75) is 33.1 Å². The first-order valence-corrected chi connectivity index (χ1v) is 6.41. The van der Waals surface area contributed by atoms with Crippen LogP contribution >= 0.6 is 0 Å². The van der Waals surface area contributed by atoms with E-state index in [0.717, 1.165) is 4.57 Å². The lowest BCUT2D eigenvalue weighted by Gasteiger charge is -2.32. The van der Waals surface area contributed by atoms with Gasteiger partial charge in [0.25, 0.3) is 0 Å². The second-order valence-electron chi connectivity index (χ2n) is 4.47. The molecule has 0 radical (unpaired) electrons. The predicted molar refractivity (Wildman–Crippen MR) is 63.8 cm³/mol. The lowest BCUT2D eigenvalue weighted by Crippen LogP contribution is -2.46. The Morgan fingerprint density at radius 3 is 2.45 bits per heavy atom. The zero-order chi connectivity index (χ0) is 14.9. The van der Waals surface area contributed by atoms with Gasteiger partial charge in [-0.1, -0.05) is 0 Å². The molecule has 0 atom stereocenters. The van der Waals surface area contributed by atoms with Gasteiger partial charge in [0.2, 0.25) is 5.82 Å². The van der Waals surface area contributed by atoms with Crippen molar-refractivity contribution in [1.82, 2.24) is 24.6 Å². The van der Waals surface area contributed by atoms with Crippen LogP contribution in [0.1, 0.15) is 25.5 Å². The monoisotopic (exact) mass is 291 g/mol. The summed E-state index contributed by atoms with van der Waals surface area (Å²) >= 11 is 0. The summed E-state index contributed by atoms with van der Waals surface area (Å²) < 4.78 is 39.1. The van der Waals surface area contributed by atoms with E-state index in [1.54, 1.807) is 4.90 Å². The largest absolute Gasteiger partial charge is 0.451 e. The van der Waals surface area contributed by atoms with Crippen molar-refractivity contribution in [2.24, 2.45) is 0 Å². The number of carbonyl (C=O) groups excluding carboxylic acids is 1. The number of carbonyl (C=O) groups is 1. The topological polar surface area (TPSA) is 54.3 Å². The summed E-state index contributed by atoms with van der Waals surface area (Å²) in [5.41, 5.74) is 0. The minimum atomic E-state index is -4.52. The molecule has 0 unspecified atom stereocenters. The standard InChI is InChI=1S/C11H16F3N5O/c1-3-17(4-2)10(20)18-5-6-19-8(7-18)15-16-9(19)11(12,13)14/h3-7H2,1-2H3. The van der Waals surface area contributed by atoms with Crippen molar-refractivity contribution < 1.29 is 18.0 Å². The number of hydrogen-bond donors (Lipinski definition) is 0. The Labute approximate surface area is 114 Å². The molecule has 1 aliphatic rings. The first-order chi connectivity index (χ1) is 9.38. The zero-order valence-electron chi connectivity index (χ0n) is 11.3. The fourth-order valence-corrected chi connectivity index (χ4v) is 2.22. The van der Waals surface area contributed by atoms with Crippen LogP contribution in [0.3, 0.4) is 0 Å². The van der Waals surface area contributed by atoms with Crippen LogP contribution in [0, 0.1) is 0 Å². The Balaban J connectivity index is 2.17. The highest BCUT2D eigenvalue weighted by Crippen LogP contribution is 2.29. The molecule has 0 aliphatic carbocycles. The summed E-state index contributed by atoms with van der Waals surface area (Å²) in [7, 11) is 0. The maximum atomic E-state index is 12.7. The minimum Gasteiger partial charge on any atom is -0.325 e. The smallest absolute Gasteiger partial charge is 0.325 e. The van der Waals surface area contributed by atoms with Gasteiger partial charge in [-0.25, -0.2) is 4.79 Å². The average molecular weight is 291 g/mol. The molecular formula is C11H16F3N5O. The first kappa shape index (κ1) is 14.6. The molecule has 1 aromatic rings. The maximum absolute atomic E-state index is 12.7. The highest BCUT2D eigenvalue weighted by Gasteiger charge is 2.40. The molecule has 0 saturated carbocycles. The zero-order valence-corrected chi connectivity index (χ0v) is 11.3. The summed E-state index contributed by atoms with van der Waals surface area (Å²) in [6.07, 6.45) is -4.52. The molecule has 2 rings (SSSR count). The van der Waals surface area contributed by atoms with Gasteiger partial charge in [-0.05, 0) is 13.8 Å². The number of aromatic nitrogens is 3. The number of rotatable bonds is 2. The molecule has 0 spiro atoms. The lowest BCUT2D eigenvalue weighted by atomic mass is 10.3. The van der Waals surface area contributed by atoms with E-state index >= 15 is 0 Å². The Bertz CT molecular complexity index is 495. The summed E-state index contributed by atoms with van der Waals surface area (Å²) in [6, 6.07) is -0.183. The summed E-state index contributed by atoms with van der Waals surface area (Å²) in [5.74, 6) is -0.827. The Hall–Kier alpha value is -1.80. The van der Waals surface area contributed by atoms with Gasteiger partial charge in [-0.2, -0.15) is 13.2 Å². The molecule has 2 amide bonds. The molecule has 0 saturated heterocycles. The molecule has 0 N–H and O–H groups in total. The van der Waals surface area contributed by atoms with Crippen molar-refractivity contribution >= 4 is 6.03 Å². The lowest BCUT2D eigenvalue weighted by molar-refractivity contribution is -0.147. The molecule has 0 aromatic carbocycles. The van der Waals surface area contributed by atoms with Crippen LogP contribution in [-0.2, 0) is 19.3 Å². The van der Waals surface area contributed by atoms with E-state index < -0.39 is 12.0 Å². The van der Waals surface area contributed by atoms with Crippen molar-refractivity contribution in [2.75, 3.05) is 19.6 Å². The number of fused-ring (bicyclic) bond motifs is 1. The van der Waals surface area contributed by atoms with E-state index in [-0.39, 0.29) is 31.5 Å². The third-order valence-corrected chi connectivity index (χ3v) is 3.31. The molecule has 0 bridgehead atoms. The van der Waals surface area contributed by atoms with E-state index in [9.17, 15) is 18.0 Å². The third-order valence-electron chi connectivity index (χ3n) is 3.31. The minimum absolute atomic E-state index is 0.0540. The predicted octanol–water partition coefficient (Wildman–Crippen LogP) is 1.57. The van der Waals surface area contributed by atoms with Crippen molar-refractivity contribution in [1.29, 1.82) is 0 Å². The second-order valence-corrected chi connectivity index (χ2v) is 4.47. The van der Waals surface area contributed by atoms with Crippen LogP contribution in [0.4, 0.5) is 18.0 Å². The molecule has 1 aromatic heterocycles. The van der Waals surface area contributed by atoms with Crippen molar-refractivity contribution in [3.8, 4) is 0 Å². The Morgan fingerprint density at radius 2 is 1.90 bits per heavy atom. The van der Waals surface area contributed by atoms with Crippen LogP contribution in [0.2, 0.25) is 0 Å². The second kappa shape index (κ2) is 5.29. The fourth-order valence-electron chi connectivity index (χ4n) is 2.22. The van der Waals surface area contributed by atoms with Gasteiger partial charge in [0.05, 0.1) is 6.54 Å². The van der Waals surface area contributed by atoms with E-state index in [2.05, 4.69) is 10.2 Å². The Morgan fingerprint density at radius 1 is 1.25 bits per heavy atom. The molecule has 1 aliphatic heterocycles. The van der Waals surface area contributed by atoms with E-state index in [4.69, 9.17) is 0 Å². The highest BCUT2D eigenvalue weighted by atomic mass is 19.4. The van der Waals surface area contributed by atoms with Gasteiger partial charge >= 0.3 is 12.2 Å². The number of amides is 2. The number of nitrogens with zero attached hydrogens (tertiary/aromatic N) is 5. The highest BCUT2D eigenvalue weighted by molar-refractivity contribution is 5.74. The third kappa shape index (κ3) is 2.56. The Kier molecular flexibility index (Phi) is 3.87. The van der Waals surface area contributed by atoms with Crippen LogP contribution in [0.15, 0.2) is 0 Å². The SMILES string of the molecule is CCN(CC)C(=O)N1CCn2c(nnc2C(F)(F)F)C1. The first-order valence-electron chi connectivity index (χ1n) is 6.41. The van der Waals surface area contributed by atoms with Crippen LogP contribution in [0.5, 0.6) is 0 Å². The van der Waals surface area contributed by atoms with Crippen LogP contribution < -0.4 is 0 Å². The molecular weight excluding hydrogens is 275 g/mol. The van der Waals surface area contributed by atoms with Gasteiger partial charge < -0.3 is 14.4 Å². The van der Waals surface area contributed by atoms with Gasteiger partial charge in [0.1, 0.15) is 0 Å². The number of halogens is 3. The summed E-state index contributed by atoms with van der Waals surface area (Å²) in [5, 5.41) is 6.73. The van der Waals surface area contributed by atoms with Gasteiger partial charge in [0.15, 0.2) is 5.82 Å². The number of hydrogen-bond acceptors (Lipinski definition) is 3. The average Bonchev–Trinajstić information content (AvgIpc) is 2.82. The summed E-state index contributed by atoms with van der Waals surface area (Å²) in [6.45, 7) is 5.18. The maximum Gasteiger partial charge on any atom is 0.451 e. The van der Waals surface area contributed by atoms with Crippen molar-refractivity contribution in [3.63, 3.8) is 0 Å². The van der Waals surface area contributed by atoms with Crippen LogP contribution in [-0.4, -0.2) is 50.2 Å². The van der Waals surface area contributed by atoms with Gasteiger partial charge in [-0.3, -0.25) is 0 Å². The molecule has 9 heteroatoms. The summed E-state index contributed by atoms with van der Waals surface area (Å²) in [4.78, 5) is 15.3. The fraction of sp³-hybridized carbons (Fsp3) is 0.727. The van der Waals surface area contributed by atoms with E-state index in [0.29, 0.717) is 13.1 Å². The molecule has 2 heterocycles. The molecule has 112 valence electrons. The molecule has 20 heavy (non-hydrogen) atoms. The van der Waals surface area contributed by atoms with Gasteiger partial charge in [-0.15, -0.1) is 10.2 Å². The van der Waals surface area contributed by atoms with Crippen molar-refractivity contribution in [3.05, 3.63) is 11.6 Å². The number of urea groups is 1. The quantitative estimate of drug-likeness (QED) is 0.831. The van der Waals surface area contributed by atoms with E-state index in [1.165, 1.54) is 4.90 Å². The molecule has 6 nitrogen and oxygen atoms in total. The van der Waals surface area contributed by atoms with E-state index in [1.807, 2.05) is 13.8 Å². The van der Waals surface area contributed by atoms with Crippen LogP contribution in [0.25, 0.3) is 0 Å². The van der Waals surface area contributed by atoms with Gasteiger partial charge in [0, 0.05) is 26.2 Å².